The van der Waals surface area contributed by atoms with Crippen LogP contribution < -0.4 is 0 Å². The Morgan fingerprint density at radius 3 is 2.54 bits per heavy atom. The number of hydrogen-bond acceptors (Lipinski definition) is 7. The summed E-state index contributed by atoms with van der Waals surface area (Å²) in [5.74, 6) is 0.108. The van der Waals surface area contributed by atoms with Crippen LogP contribution in [-0.4, -0.2) is 63.5 Å². The zero-order valence-corrected chi connectivity index (χ0v) is 15.2. The van der Waals surface area contributed by atoms with E-state index in [1.807, 2.05) is 26.8 Å². The predicted octanol–water partition coefficient (Wildman–Crippen LogP) is -0.00516. The van der Waals surface area contributed by atoms with Gasteiger partial charge < -0.3 is 29.9 Å². The molecule has 6 unspecified atom stereocenters. The third kappa shape index (κ3) is 3.19. The van der Waals surface area contributed by atoms with Crippen molar-refractivity contribution in [2.75, 3.05) is 6.61 Å². The maximum Gasteiger partial charge on any atom is 0.187 e. The van der Waals surface area contributed by atoms with E-state index < -0.39 is 37.3 Å². The van der Waals surface area contributed by atoms with E-state index in [1.54, 1.807) is 0 Å². The summed E-state index contributed by atoms with van der Waals surface area (Å²) in [7, 11) is 0. The van der Waals surface area contributed by atoms with Gasteiger partial charge in [-0.05, 0) is 42.5 Å². The average molecular weight is 366 g/mol. The molecule has 0 bridgehead atoms. The molecule has 2 aliphatic rings. The number of benzene rings is 1. The van der Waals surface area contributed by atoms with Crippen molar-refractivity contribution in [3.63, 3.8) is 0 Å². The van der Waals surface area contributed by atoms with Gasteiger partial charge in [0.1, 0.15) is 24.4 Å². The van der Waals surface area contributed by atoms with Crippen LogP contribution in [0, 0.1) is 19.8 Å². The van der Waals surface area contributed by atoms with Gasteiger partial charge in [-0.15, -0.1) is 0 Å². The molecule has 0 radical (unpaired) electrons. The summed E-state index contributed by atoms with van der Waals surface area (Å²) in [6.45, 7) is 5.31. The standard InChI is InChI=1S/C19H26O7/c1-8-4-11-5-9(2)15(21)14(11)10(3)12(8)7-25-19-18(24)17(23)16(22)13(6-20)26-19/h4,9,13,16-20,22-24H,5-7H2,1-3H3. The lowest BCUT2D eigenvalue weighted by atomic mass is 9.94. The lowest BCUT2D eigenvalue weighted by Crippen LogP contribution is -2.59. The number of aliphatic hydroxyl groups is 4. The van der Waals surface area contributed by atoms with Gasteiger partial charge in [0.15, 0.2) is 12.1 Å². The lowest BCUT2D eigenvalue weighted by Gasteiger charge is -2.39. The number of carbonyl (C=O) groups excluding carboxylic acids is 1. The SMILES string of the molecule is Cc1cc2c(c(C)c1COC1OC(CO)C(O)C(O)C1O)C(=O)C(C)C2. The first-order valence-corrected chi connectivity index (χ1v) is 8.84. The first-order valence-electron chi connectivity index (χ1n) is 8.84. The summed E-state index contributed by atoms with van der Waals surface area (Å²) in [4.78, 5) is 12.4. The number of aliphatic hydroxyl groups excluding tert-OH is 4. The molecular weight excluding hydrogens is 340 g/mol. The van der Waals surface area contributed by atoms with Gasteiger partial charge in [-0.3, -0.25) is 4.79 Å². The van der Waals surface area contributed by atoms with E-state index in [0.29, 0.717) is 0 Å². The predicted molar refractivity (Wildman–Crippen MR) is 91.7 cm³/mol. The van der Waals surface area contributed by atoms with Crippen molar-refractivity contribution in [3.05, 3.63) is 33.9 Å². The summed E-state index contributed by atoms with van der Waals surface area (Å²) in [5, 5.41) is 39.0. The number of rotatable bonds is 4. The summed E-state index contributed by atoms with van der Waals surface area (Å²) in [6, 6.07) is 2.00. The molecule has 0 spiro atoms. The van der Waals surface area contributed by atoms with Crippen molar-refractivity contribution < 1.29 is 34.7 Å². The number of fused-ring (bicyclic) bond motifs is 1. The van der Waals surface area contributed by atoms with Crippen molar-refractivity contribution in [2.45, 2.75) is 64.5 Å². The summed E-state index contributed by atoms with van der Waals surface area (Å²) in [5.41, 5.74) is 4.47. The van der Waals surface area contributed by atoms with E-state index in [1.165, 1.54) is 0 Å². The number of hydrogen-bond donors (Lipinski definition) is 4. The van der Waals surface area contributed by atoms with Crippen molar-refractivity contribution in [1.82, 2.24) is 0 Å². The van der Waals surface area contributed by atoms with Gasteiger partial charge in [-0.25, -0.2) is 0 Å². The third-order valence-corrected chi connectivity index (χ3v) is 5.48. The van der Waals surface area contributed by atoms with Gasteiger partial charge in [0.25, 0.3) is 0 Å². The molecule has 1 aromatic rings. The molecule has 0 saturated carbocycles. The molecule has 1 saturated heterocycles. The van der Waals surface area contributed by atoms with Crippen LogP contribution in [0.3, 0.4) is 0 Å². The van der Waals surface area contributed by atoms with Crippen molar-refractivity contribution in [2.24, 2.45) is 5.92 Å². The first kappa shape index (κ1) is 19.4. The van der Waals surface area contributed by atoms with Crippen molar-refractivity contribution in [1.29, 1.82) is 0 Å². The fourth-order valence-corrected chi connectivity index (χ4v) is 3.87. The highest BCUT2D eigenvalue weighted by Gasteiger charge is 2.44. The monoisotopic (exact) mass is 366 g/mol. The second kappa shape index (κ2) is 7.34. The highest BCUT2D eigenvalue weighted by Crippen LogP contribution is 2.33. The number of aryl methyl sites for hydroxylation is 1. The average Bonchev–Trinajstić information content (AvgIpc) is 2.88. The van der Waals surface area contributed by atoms with E-state index in [2.05, 4.69) is 0 Å². The molecule has 0 aromatic heterocycles. The molecule has 1 aliphatic heterocycles. The Morgan fingerprint density at radius 1 is 1.19 bits per heavy atom. The second-order valence-corrected chi connectivity index (χ2v) is 7.31. The fourth-order valence-electron chi connectivity index (χ4n) is 3.87. The van der Waals surface area contributed by atoms with Crippen LogP contribution in [0.1, 0.15) is 39.5 Å². The van der Waals surface area contributed by atoms with Crippen LogP contribution in [0.5, 0.6) is 0 Å². The third-order valence-electron chi connectivity index (χ3n) is 5.48. The van der Waals surface area contributed by atoms with Crippen molar-refractivity contribution in [3.8, 4) is 0 Å². The smallest absolute Gasteiger partial charge is 0.187 e. The van der Waals surface area contributed by atoms with Crippen LogP contribution in [0.25, 0.3) is 0 Å². The quantitative estimate of drug-likeness (QED) is 0.592. The largest absolute Gasteiger partial charge is 0.394 e. The molecule has 1 aliphatic carbocycles. The molecule has 7 heteroatoms. The molecule has 1 fully saturated rings. The maximum atomic E-state index is 12.4. The Labute approximate surface area is 152 Å². The Bertz CT molecular complexity index is 700. The van der Waals surface area contributed by atoms with Gasteiger partial charge in [0, 0.05) is 11.5 Å². The summed E-state index contributed by atoms with van der Waals surface area (Å²) >= 11 is 0. The molecule has 1 heterocycles. The minimum Gasteiger partial charge on any atom is -0.394 e. The van der Waals surface area contributed by atoms with Crippen molar-refractivity contribution >= 4 is 5.78 Å². The van der Waals surface area contributed by atoms with Gasteiger partial charge in [-0.1, -0.05) is 13.0 Å². The van der Waals surface area contributed by atoms with E-state index in [4.69, 9.17) is 9.47 Å². The molecular formula is C19H26O7. The normalized spacial score (nSPS) is 34.2. The number of Topliss-reactive ketones (excluding diaryl/α,β-unsaturated/α-hetero) is 1. The Balaban J connectivity index is 1.79. The minimum absolute atomic E-state index is 0.0234. The topological polar surface area (TPSA) is 116 Å². The molecule has 26 heavy (non-hydrogen) atoms. The molecule has 1 aromatic carbocycles. The Morgan fingerprint density at radius 2 is 1.88 bits per heavy atom. The van der Waals surface area contributed by atoms with Crippen LogP contribution in [0.2, 0.25) is 0 Å². The number of ether oxygens (including phenoxy) is 2. The molecule has 144 valence electrons. The van der Waals surface area contributed by atoms with Crippen LogP contribution >= 0.6 is 0 Å². The maximum absolute atomic E-state index is 12.4. The van der Waals surface area contributed by atoms with Crippen LogP contribution in [0.4, 0.5) is 0 Å². The molecule has 6 atom stereocenters. The number of ketones is 1. The van der Waals surface area contributed by atoms with Gasteiger partial charge >= 0.3 is 0 Å². The molecule has 0 amide bonds. The van der Waals surface area contributed by atoms with E-state index in [-0.39, 0.29) is 18.3 Å². The summed E-state index contributed by atoms with van der Waals surface area (Å²) < 4.78 is 11.0. The van der Waals surface area contributed by atoms with Gasteiger partial charge in [-0.2, -0.15) is 0 Å². The number of carbonyl (C=O) groups is 1. The Kier molecular flexibility index (Phi) is 5.48. The zero-order valence-electron chi connectivity index (χ0n) is 15.2. The van der Waals surface area contributed by atoms with Crippen LogP contribution in [-0.2, 0) is 22.5 Å². The second-order valence-electron chi connectivity index (χ2n) is 7.31. The highest BCUT2D eigenvalue weighted by atomic mass is 16.7. The van der Waals surface area contributed by atoms with Crippen LogP contribution in [0.15, 0.2) is 6.07 Å². The molecule has 7 nitrogen and oxygen atoms in total. The molecule has 4 N–H and O–H groups in total. The fraction of sp³-hybridized carbons (Fsp3) is 0.632. The van der Waals surface area contributed by atoms with Gasteiger partial charge in [0.2, 0.25) is 0 Å². The minimum atomic E-state index is -1.48. The summed E-state index contributed by atoms with van der Waals surface area (Å²) in [6.07, 6.45) is -5.79. The highest BCUT2D eigenvalue weighted by molar-refractivity contribution is 6.03. The zero-order chi connectivity index (χ0) is 19.2. The molecule has 3 rings (SSSR count). The Hall–Kier alpha value is -1.35. The first-order chi connectivity index (χ1) is 12.3. The lowest BCUT2D eigenvalue weighted by molar-refractivity contribution is -0.304. The van der Waals surface area contributed by atoms with E-state index >= 15 is 0 Å². The van der Waals surface area contributed by atoms with E-state index in [9.17, 15) is 25.2 Å². The van der Waals surface area contributed by atoms with Gasteiger partial charge in [0.05, 0.1) is 13.2 Å². The van der Waals surface area contributed by atoms with E-state index in [0.717, 1.165) is 34.2 Å².